The number of ether oxygens (including phenoxy) is 1. The lowest BCUT2D eigenvalue weighted by Gasteiger charge is -2.27. The number of carbonyl (C=O) groups excluding carboxylic acids is 1. The van der Waals surface area contributed by atoms with Crippen molar-refractivity contribution in [1.29, 1.82) is 0 Å². The lowest BCUT2D eigenvalue weighted by atomic mass is 10.0. The van der Waals surface area contributed by atoms with Gasteiger partial charge in [0.05, 0.1) is 0 Å². The number of thioether (sulfide) groups is 1. The summed E-state index contributed by atoms with van der Waals surface area (Å²) in [4.78, 5) is 24.9. The molecule has 6 heteroatoms. The van der Waals surface area contributed by atoms with Gasteiger partial charge < -0.3 is 14.7 Å². The molecule has 0 bridgehead atoms. The van der Waals surface area contributed by atoms with Crippen LogP contribution in [0.3, 0.4) is 0 Å². The number of rotatable bonds is 4. The Bertz CT molecular complexity index is 530. The maximum Gasteiger partial charge on any atom is 0.341 e. The average molecular weight is 309 g/mol. The quantitative estimate of drug-likeness (QED) is 0.921. The summed E-state index contributed by atoms with van der Waals surface area (Å²) in [6.45, 7) is 4.83. The smallest absolute Gasteiger partial charge is 0.341 e. The van der Waals surface area contributed by atoms with Crippen LogP contribution >= 0.6 is 11.8 Å². The van der Waals surface area contributed by atoms with Crippen molar-refractivity contribution >= 4 is 23.6 Å². The van der Waals surface area contributed by atoms with E-state index >= 15 is 0 Å². The molecule has 1 heterocycles. The molecule has 2 rings (SSSR count). The van der Waals surface area contributed by atoms with Gasteiger partial charge in [-0.3, -0.25) is 4.79 Å². The molecule has 1 N–H and O–H groups in total. The van der Waals surface area contributed by atoms with Crippen LogP contribution in [-0.2, 0) is 4.79 Å². The Balaban J connectivity index is 2.18. The zero-order valence-corrected chi connectivity index (χ0v) is 13.0. The summed E-state index contributed by atoms with van der Waals surface area (Å²) in [7, 11) is 0. The van der Waals surface area contributed by atoms with Gasteiger partial charge in [0.25, 0.3) is 5.91 Å². The molecule has 5 nitrogen and oxygen atoms in total. The van der Waals surface area contributed by atoms with Crippen molar-refractivity contribution in [2.24, 2.45) is 0 Å². The molecular formula is C15H19NO4S. The van der Waals surface area contributed by atoms with Crippen LogP contribution in [0.1, 0.15) is 21.5 Å². The van der Waals surface area contributed by atoms with E-state index in [1.165, 1.54) is 0 Å². The molecule has 0 radical (unpaired) electrons. The summed E-state index contributed by atoms with van der Waals surface area (Å²) < 4.78 is 5.28. The fraction of sp³-hybridized carbons (Fsp3) is 0.467. The van der Waals surface area contributed by atoms with E-state index in [0.29, 0.717) is 11.3 Å². The summed E-state index contributed by atoms with van der Waals surface area (Å²) in [5.74, 6) is 1.52. The van der Waals surface area contributed by atoms with Crippen LogP contribution in [-0.4, -0.2) is 53.1 Å². The first-order chi connectivity index (χ1) is 9.99. The molecule has 1 aliphatic heterocycles. The average Bonchev–Trinajstić information content (AvgIpc) is 2.46. The molecule has 1 aromatic carbocycles. The second-order valence-electron chi connectivity index (χ2n) is 5.03. The van der Waals surface area contributed by atoms with Crippen LogP contribution in [0.15, 0.2) is 12.1 Å². The standard InChI is InChI=1S/C15H19NO4S/c1-10-7-12(15(19)16-3-5-21-6-4-16)8-11(2)14(10)20-9-13(17)18/h7-8H,3-6,9H2,1-2H3,(H,17,18). The molecule has 0 aliphatic carbocycles. The number of benzene rings is 1. The van der Waals surface area contributed by atoms with Crippen molar-refractivity contribution in [1.82, 2.24) is 4.90 Å². The zero-order chi connectivity index (χ0) is 15.4. The molecule has 0 aromatic heterocycles. The van der Waals surface area contributed by atoms with E-state index in [2.05, 4.69) is 0 Å². The number of carbonyl (C=O) groups is 2. The minimum atomic E-state index is -1.01. The maximum atomic E-state index is 12.5. The Hall–Kier alpha value is -1.69. The minimum absolute atomic E-state index is 0.0336. The van der Waals surface area contributed by atoms with E-state index in [1.54, 1.807) is 12.1 Å². The van der Waals surface area contributed by atoms with Gasteiger partial charge in [-0.05, 0) is 37.1 Å². The molecule has 1 amide bonds. The molecule has 114 valence electrons. The van der Waals surface area contributed by atoms with Crippen molar-refractivity contribution in [2.45, 2.75) is 13.8 Å². The molecule has 0 spiro atoms. The van der Waals surface area contributed by atoms with Crippen molar-refractivity contribution < 1.29 is 19.4 Å². The highest BCUT2D eigenvalue weighted by atomic mass is 32.2. The van der Waals surface area contributed by atoms with Gasteiger partial charge in [0.1, 0.15) is 5.75 Å². The Morgan fingerprint density at radius 1 is 1.24 bits per heavy atom. The molecule has 0 unspecified atom stereocenters. The van der Waals surface area contributed by atoms with Gasteiger partial charge in [-0.25, -0.2) is 4.79 Å². The van der Waals surface area contributed by atoms with Crippen LogP contribution in [0.4, 0.5) is 0 Å². The number of carboxylic acid groups (broad SMARTS) is 1. The lowest BCUT2D eigenvalue weighted by molar-refractivity contribution is -0.139. The van der Waals surface area contributed by atoms with Crippen LogP contribution < -0.4 is 4.74 Å². The molecule has 1 aliphatic rings. The lowest BCUT2D eigenvalue weighted by Crippen LogP contribution is -2.37. The normalized spacial score (nSPS) is 14.9. The van der Waals surface area contributed by atoms with E-state index in [0.717, 1.165) is 35.7 Å². The second kappa shape index (κ2) is 6.85. The highest BCUT2D eigenvalue weighted by Gasteiger charge is 2.20. The van der Waals surface area contributed by atoms with Gasteiger partial charge >= 0.3 is 5.97 Å². The molecule has 1 saturated heterocycles. The highest BCUT2D eigenvalue weighted by Crippen LogP contribution is 2.26. The van der Waals surface area contributed by atoms with Gasteiger partial charge in [-0.15, -0.1) is 0 Å². The Labute approximate surface area is 128 Å². The molecule has 1 fully saturated rings. The van der Waals surface area contributed by atoms with E-state index in [9.17, 15) is 9.59 Å². The topological polar surface area (TPSA) is 66.8 Å². The van der Waals surface area contributed by atoms with Crippen molar-refractivity contribution in [3.63, 3.8) is 0 Å². The fourth-order valence-electron chi connectivity index (χ4n) is 2.38. The number of aryl methyl sites for hydroxylation is 2. The van der Waals surface area contributed by atoms with Crippen LogP contribution in [0, 0.1) is 13.8 Å². The summed E-state index contributed by atoms with van der Waals surface area (Å²) in [6.07, 6.45) is 0. The Morgan fingerprint density at radius 2 is 1.81 bits per heavy atom. The van der Waals surface area contributed by atoms with Crippen LogP contribution in [0.5, 0.6) is 5.75 Å². The molecule has 21 heavy (non-hydrogen) atoms. The molecule has 0 saturated carbocycles. The van der Waals surface area contributed by atoms with Crippen molar-refractivity contribution in [2.75, 3.05) is 31.2 Å². The van der Waals surface area contributed by atoms with E-state index < -0.39 is 5.97 Å². The SMILES string of the molecule is Cc1cc(C(=O)N2CCSCC2)cc(C)c1OCC(=O)O. The van der Waals surface area contributed by atoms with Gasteiger partial charge in [0, 0.05) is 30.2 Å². The molecule has 0 atom stereocenters. The van der Waals surface area contributed by atoms with Crippen LogP contribution in [0.25, 0.3) is 0 Å². The Kier molecular flexibility index (Phi) is 5.12. The number of nitrogens with zero attached hydrogens (tertiary/aromatic N) is 1. The summed E-state index contributed by atoms with van der Waals surface area (Å²) in [5, 5.41) is 8.68. The third-order valence-electron chi connectivity index (χ3n) is 3.35. The number of carboxylic acids is 1. The third kappa shape index (κ3) is 3.91. The zero-order valence-electron chi connectivity index (χ0n) is 12.2. The maximum absolute atomic E-state index is 12.5. The van der Waals surface area contributed by atoms with E-state index in [-0.39, 0.29) is 12.5 Å². The first-order valence-corrected chi connectivity index (χ1v) is 7.97. The van der Waals surface area contributed by atoms with Crippen molar-refractivity contribution in [3.8, 4) is 5.75 Å². The third-order valence-corrected chi connectivity index (χ3v) is 4.29. The van der Waals surface area contributed by atoms with Gasteiger partial charge in [-0.1, -0.05) is 0 Å². The largest absolute Gasteiger partial charge is 0.481 e. The number of amides is 1. The number of hydrogen-bond donors (Lipinski definition) is 1. The predicted molar refractivity (Wildman–Crippen MR) is 82.3 cm³/mol. The monoisotopic (exact) mass is 309 g/mol. The first kappa shape index (κ1) is 15.7. The minimum Gasteiger partial charge on any atom is -0.481 e. The number of aliphatic carboxylic acids is 1. The number of hydrogen-bond acceptors (Lipinski definition) is 4. The predicted octanol–water partition coefficient (Wildman–Crippen LogP) is 1.96. The van der Waals surface area contributed by atoms with Gasteiger partial charge in [-0.2, -0.15) is 11.8 Å². The van der Waals surface area contributed by atoms with Crippen LogP contribution in [0.2, 0.25) is 0 Å². The molecule has 1 aromatic rings. The van der Waals surface area contributed by atoms with E-state index in [1.807, 2.05) is 30.5 Å². The fourth-order valence-corrected chi connectivity index (χ4v) is 3.29. The van der Waals surface area contributed by atoms with E-state index in [4.69, 9.17) is 9.84 Å². The summed E-state index contributed by atoms with van der Waals surface area (Å²) >= 11 is 1.86. The summed E-state index contributed by atoms with van der Waals surface area (Å²) in [5.41, 5.74) is 2.21. The molecular weight excluding hydrogens is 290 g/mol. The highest BCUT2D eigenvalue weighted by molar-refractivity contribution is 7.99. The van der Waals surface area contributed by atoms with Gasteiger partial charge in [0.15, 0.2) is 6.61 Å². The van der Waals surface area contributed by atoms with Crippen molar-refractivity contribution in [3.05, 3.63) is 28.8 Å². The first-order valence-electron chi connectivity index (χ1n) is 6.82. The Morgan fingerprint density at radius 3 is 2.33 bits per heavy atom. The van der Waals surface area contributed by atoms with Gasteiger partial charge in [0.2, 0.25) is 0 Å². The summed E-state index contributed by atoms with van der Waals surface area (Å²) in [6, 6.07) is 3.54. The second-order valence-corrected chi connectivity index (χ2v) is 6.25.